The Morgan fingerprint density at radius 1 is 0.694 bits per heavy atom. The number of amides is 1. The van der Waals surface area contributed by atoms with Crippen molar-refractivity contribution in [3.05, 3.63) is 120 Å². The zero-order valence-electron chi connectivity index (χ0n) is 20.4. The molecule has 1 amide bonds. The molecule has 4 aromatic carbocycles. The van der Waals surface area contributed by atoms with E-state index in [9.17, 15) is 4.79 Å². The van der Waals surface area contributed by atoms with Crippen LogP contribution in [0.1, 0.15) is 35.2 Å². The van der Waals surface area contributed by atoms with Crippen molar-refractivity contribution in [3.8, 4) is 0 Å². The first kappa shape index (κ1) is 22.9. The summed E-state index contributed by atoms with van der Waals surface area (Å²) in [5.74, 6) is 0.195. The van der Waals surface area contributed by atoms with Gasteiger partial charge in [-0.3, -0.25) is 9.69 Å². The molecule has 5 heteroatoms. The van der Waals surface area contributed by atoms with Gasteiger partial charge in [0.15, 0.2) is 0 Å². The number of nitrogens with one attached hydrogen (secondary N) is 2. The fraction of sp³-hybridized carbons (Fsp3) is 0.258. The molecule has 2 saturated heterocycles. The zero-order valence-corrected chi connectivity index (χ0v) is 20.4. The molecule has 2 aliphatic heterocycles. The first-order valence-corrected chi connectivity index (χ1v) is 12.9. The van der Waals surface area contributed by atoms with Gasteiger partial charge in [0.1, 0.15) is 6.04 Å². The van der Waals surface area contributed by atoms with Crippen LogP contribution in [0.5, 0.6) is 0 Å². The van der Waals surface area contributed by atoms with Crippen molar-refractivity contribution in [2.24, 2.45) is 0 Å². The second kappa shape index (κ2) is 10.2. The van der Waals surface area contributed by atoms with Gasteiger partial charge in [0.25, 0.3) is 0 Å². The highest BCUT2D eigenvalue weighted by Gasteiger charge is 2.35. The molecule has 0 bridgehead atoms. The smallest absolute Gasteiger partial charge is 0.241 e. The number of carbonyl (C=O) groups excluding carboxylic acids is 1. The number of hydrazine groups is 1. The van der Waals surface area contributed by atoms with E-state index >= 15 is 0 Å². The minimum Gasteiger partial charge on any atom is -0.339 e. The van der Waals surface area contributed by atoms with E-state index in [0.717, 1.165) is 32.6 Å². The SMILES string of the molecule is O=C(C1CC(c2cccc3ccccc23)NN1)N1CCN(C(c2ccccc2)c2ccccc2)CC1. The van der Waals surface area contributed by atoms with Crippen LogP contribution < -0.4 is 10.9 Å². The molecular formula is C31H32N4O. The number of rotatable bonds is 5. The average Bonchev–Trinajstić information content (AvgIpc) is 3.44. The third-order valence-corrected chi connectivity index (χ3v) is 7.62. The highest BCUT2D eigenvalue weighted by Crippen LogP contribution is 2.31. The Hall–Kier alpha value is -3.51. The standard InChI is InChI=1S/C31H32N4O/c36-31(29-22-28(32-33-29)27-17-9-15-23-10-7-8-16-26(23)27)35-20-18-34(19-21-35)30(24-11-3-1-4-12-24)25-13-5-2-6-14-25/h1-17,28-30,32-33H,18-22H2. The molecule has 4 aromatic rings. The number of hydrogen-bond acceptors (Lipinski definition) is 4. The van der Waals surface area contributed by atoms with E-state index in [1.165, 1.54) is 27.5 Å². The van der Waals surface area contributed by atoms with E-state index in [1.807, 2.05) is 4.90 Å². The van der Waals surface area contributed by atoms with Crippen LogP contribution in [0.4, 0.5) is 0 Å². The van der Waals surface area contributed by atoms with Gasteiger partial charge in [0.2, 0.25) is 5.91 Å². The fourth-order valence-corrected chi connectivity index (χ4v) is 5.78. The highest BCUT2D eigenvalue weighted by molar-refractivity contribution is 5.87. The maximum atomic E-state index is 13.5. The molecule has 0 radical (unpaired) electrons. The molecule has 6 rings (SSSR count). The molecule has 2 heterocycles. The number of nitrogens with zero attached hydrogens (tertiary/aromatic N) is 2. The molecule has 0 aliphatic carbocycles. The summed E-state index contributed by atoms with van der Waals surface area (Å²) < 4.78 is 0. The summed E-state index contributed by atoms with van der Waals surface area (Å²) in [5.41, 5.74) is 10.5. The summed E-state index contributed by atoms with van der Waals surface area (Å²) in [6.07, 6.45) is 0.754. The molecule has 2 aliphatic rings. The fourth-order valence-electron chi connectivity index (χ4n) is 5.78. The van der Waals surface area contributed by atoms with Gasteiger partial charge in [-0.1, -0.05) is 103 Å². The molecule has 2 unspecified atom stereocenters. The van der Waals surface area contributed by atoms with Crippen molar-refractivity contribution in [1.29, 1.82) is 0 Å². The van der Waals surface area contributed by atoms with Crippen LogP contribution >= 0.6 is 0 Å². The van der Waals surface area contributed by atoms with Crippen molar-refractivity contribution in [3.63, 3.8) is 0 Å². The van der Waals surface area contributed by atoms with Gasteiger partial charge in [-0.25, -0.2) is 10.9 Å². The van der Waals surface area contributed by atoms with Crippen LogP contribution in [0.15, 0.2) is 103 Å². The Kier molecular flexibility index (Phi) is 6.51. The van der Waals surface area contributed by atoms with Gasteiger partial charge in [0, 0.05) is 32.2 Å². The topological polar surface area (TPSA) is 47.6 Å². The van der Waals surface area contributed by atoms with Crippen LogP contribution in [0.3, 0.4) is 0 Å². The molecule has 2 atom stereocenters. The number of piperazine rings is 1. The second-order valence-corrected chi connectivity index (χ2v) is 9.78. The lowest BCUT2D eigenvalue weighted by molar-refractivity contribution is -0.135. The van der Waals surface area contributed by atoms with Crippen molar-refractivity contribution in [1.82, 2.24) is 20.7 Å². The van der Waals surface area contributed by atoms with Crippen LogP contribution in [0.2, 0.25) is 0 Å². The minimum absolute atomic E-state index is 0.117. The van der Waals surface area contributed by atoms with Crippen LogP contribution in [0, 0.1) is 0 Å². The minimum atomic E-state index is -0.209. The third-order valence-electron chi connectivity index (χ3n) is 7.62. The normalized spacial score (nSPS) is 20.8. The summed E-state index contributed by atoms with van der Waals surface area (Å²) in [6.45, 7) is 3.19. The summed E-state index contributed by atoms with van der Waals surface area (Å²) >= 11 is 0. The van der Waals surface area contributed by atoms with E-state index in [1.54, 1.807) is 0 Å². The van der Waals surface area contributed by atoms with Crippen LogP contribution in [-0.2, 0) is 4.79 Å². The Morgan fingerprint density at radius 3 is 2.00 bits per heavy atom. The molecule has 36 heavy (non-hydrogen) atoms. The van der Waals surface area contributed by atoms with E-state index in [-0.39, 0.29) is 24.0 Å². The lowest BCUT2D eigenvalue weighted by Crippen LogP contribution is -2.54. The van der Waals surface area contributed by atoms with Gasteiger partial charge >= 0.3 is 0 Å². The monoisotopic (exact) mass is 476 g/mol. The van der Waals surface area contributed by atoms with Gasteiger partial charge in [0.05, 0.1) is 6.04 Å². The van der Waals surface area contributed by atoms with Crippen molar-refractivity contribution < 1.29 is 4.79 Å². The number of benzene rings is 4. The molecular weight excluding hydrogens is 444 g/mol. The number of carbonyl (C=O) groups is 1. The average molecular weight is 477 g/mol. The van der Waals surface area contributed by atoms with Crippen molar-refractivity contribution >= 4 is 16.7 Å². The number of fused-ring (bicyclic) bond motifs is 1. The maximum absolute atomic E-state index is 13.5. The van der Waals surface area contributed by atoms with Crippen molar-refractivity contribution in [2.75, 3.05) is 26.2 Å². The zero-order chi connectivity index (χ0) is 24.3. The first-order valence-electron chi connectivity index (χ1n) is 12.9. The first-order chi connectivity index (χ1) is 17.8. The van der Waals surface area contributed by atoms with Gasteiger partial charge in [-0.05, 0) is 33.9 Å². The molecule has 0 saturated carbocycles. The molecule has 0 spiro atoms. The lowest BCUT2D eigenvalue weighted by atomic mass is 9.95. The Labute approximate surface area is 212 Å². The van der Waals surface area contributed by atoms with Crippen LogP contribution in [-0.4, -0.2) is 47.9 Å². The Morgan fingerprint density at radius 2 is 1.31 bits per heavy atom. The van der Waals surface area contributed by atoms with Gasteiger partial charge in [-0.2, -0.15) is 0 Å². The summed E-state index contributed by atoms with van der Waals surface area (Å²) in [4.78, 5) is 18.0. The Balaban J connectivity index is 1.13. The van der Waals surface area contributed by atoms with E-state index in [0.29, 0.717) is 0 Å². The van der Waals surface area contributed by atoms with E-state index < -0.39 is 0 Å². The summed E-state index contributed by atoms with van der Waals surface area (Å²) in [5, 5.41) is 2.47. The molecule has 5 nitrogen and oxygen atoms in total. The maximum Gasteiger partial charge on any atom is 0.241 e. The van der Waals surface area contributed by atoms with Gasteiger partial charge < -0.3 is 4.90 Å². The quantitative estimate of drug-likeness (QED) is 0.439. The Bertz CT molecular complexity index is 1270. The largest absolute Gasteiger partial charge is 0.339 e. The predicted molar refractivity (Wildman–Crippen MR) is 144 cm³/mol. The lowest BCUT2D eigenvalue weighted by Gasteiger charge is -2.40. The molecule has 2 N–H and O–H groups in total. The van der Waals surface area contributed by atoms with E-state index in [4.69, 9.17) is 0 Å². The highest BCUT2D eigenvalue weighted by atomic mass is 16.2. The summed E-state index contributed by atoms with van der Waals surface area (Å²) in [6, 6.07) is 36.3. The van der Waals surface area contributed by atoms with Crippen LogP contribution in [0.25, 0.3) is 10.8 Å². The van der Waals surface area contributed by atoms with Gasteiger partial charge in [-0.15, -0.1) is 0 Å². The molecule has 182 valence electrons. The third kappa shape index (κ3) is 4.53. The summed E-state index contributed by atoms with van der Waals surface area (Å²) in [7, 11) is 0. The number of hydrogen-bond donors (Lipinski definition) is 2. The second-order valence-electron chi connectivity index (χ2n) is 9.78. The molecule has 2 fully saturated rings. The van der Waals surface area contributed by atoms with E-state index in [2.05, 4.69) is 119 Å². The predicted octanol–water partition coefficient (Wildman–Crippen LogP) is 4.68. The van der Waals surface area contributed by atoms with Crippen molar-refractivity contribution in [2.45, 2.75) is 24.5 Å². The molecule has 0 aromatic heterocycles.